The molecule has 0 spiro atoms. The number of benzene rings is 1. The van der Waals surface area contributed by atoms with Crippen LogP contribution in [0.5, 0.6) is 0 Å². The highest BCUT2D eigenvalue weighted by atomic mass is 35.5. The smallest absolute Gasteiger partial charge is 0.322 e. The van der Waals surface area contributed by atoms with E-state index in [0.717, 1.165) is 25.8 Å². The Balaban J connectivity index is 1.33. The van der Waals surface area contributed by atoms with Crippen LogP contribution in [0.25, 0.3) is 0 Å². The first-order chi connectivity index (χ1) is 16.9. The number of likely N-dealkylation sites (tertiary alicyclic amines) is 1. The van der Waals surface area contributed by atoms with Crippen molar-refractivity contribution in [1.82, 2.24) is 20.0 Å². The Morgan fingerprint density at radius 3 is 2.61 bits per heavy atom. The second kappa shape index (κ2) is 8.95. The first-order valence-corrected chi connectivity index (χ1v) is 13.5. The van der Waals surface area contributed by atoms with Crippen molar-refractivity contribution >= 4 is 41.0 Å². The molecule has 1 saturated heterocycles. The van der Waals surface area contributed by atoms with Crippen LogP contribution in [0.2, 0.25) is 10.0 Å². The van der Waals surface area contributed by atoms with Crippen LogP contribution in [0, 0.1) is 10.8 Å². The summed E-state index contributed by atoms with van der Waals surface area (Å²) in [6.45, 7) is 10.6. The van der Waals surface area contributed by atoms with Gasteiger partial charge in [-0.1, -0.05) is 50.0 Å². The predicted molar refractivity (Wildman–Crippen MR) is 140 cm³/mol. The molecule has 0 aromatic heterocycles. The molecule has 1 N–H and O–H groups in total. The third kappa shape index (κ3) is 4.38. The number of halogens is 2. The largest absolute Gasteiger partial charge is 0.339 e. The molecule has 5 rings (SSSR count). The van der Waals surface area contributed by atoms with Crippen molar-refractivity contribution in [2.45, 2.75) is 65.5 Å². The van der Waals surface area contributed by atoms with Gasteiger partial charge in [0, 0.05) is 42.1 Å². The Hall–Kier alpha value is -2.25. The zero-order chi connectivity index (χ0) is 26.0. The van der Waals surface area contributed by atoms with E-state index >= 15 is 0 Å². The molecule has 1 aromatic rings. The molecule has 2 fully saturated rings. The maximum absolute atomic E-state index is 13.6. The van der Waals surface area contributed by atoms with Gasteiger partial charge >= 0.3 is 6.03 Å². The van der Waals surface area contributed by atoms with Crippen LogP contribution in [0.3, 0.4) is 0 Å². The average molecular weight is 534 g/mol. The Kier molecular flexibility index (Phi) is 6.31. The van der Waals surface area contributed by atoms with E-state index in [1.165, 1.54) is 0 Å². The van der Waals surface area contributed by atoms with Crippen molar-refractivity contribution in [3.05, 3.63) is 45.1 Å². The number of carbonyl (C=O) groups is 3. The van der Waals surface area contributed by atoms with Crippen LogP contribution in [-0.2, 0) is 9.59 Å². The quantitative estimate of drug-likeness (QED) is 0.580. The molecule has 2 bridgehead atoms. The number of amides is 4. The van der Waals surface area contributed by atoms with Gasteiger partial charge in [0.15, 0.2) is 0 Å². The summed E-state index contributed by atoms with van der Waals surface area (Å²) in [6, 6.07) is 4.41. The number of fused-ring (bicyclic) bond motifs is 2. The lowest BCUT2D eigenvalue weighted by Gasteiger charge is -2.39. The fraction of sp³-hybridized carbons (Fsp3) is 0.593. The Labute approximate surface area is 222 Å². The summed E-state index contributed by atoms with van der Waals surface area (Å²) in [4.78, 5) is 45.2. The number of urea groups is 1. The first kappa shape index (κ1) is 25.4. The minimum absolute atomic E-state index is 0.109. The SMILES string of the molecule is CCN1C(=O)NC(c2ccc(Cl)cc2Cl)C2=C1CN(CCC(=O)N1CC3(C)CC1CC(C)(C)C3)C2=O. The van der Waals surface area contributed by atoms with Crippen LogP contribution in [-0.4, -0.2) is 64.8 Å². The first-order valence-electron chi connectivity index (χ1n) is 12.8. The van der Waals surface area contributed by atoms with Crippen molar-refractivity contribution in [1.29, 1.82) is 0 Å². The van der Waals surface area contributed by atoms with E-state index in [1.54, 1.807) is 28.0 Å². The molecule has 1 saturated carbocycles. The molecule has 3 heterocycles. The van der Waals surface area contributed by atoms with E-state index in [0.29, 0.717) is 46.5 Å². The molecular weight excluding hydrogens is 499 g/mol. The third-order valence-electron chi connectivity index (χ3n) is 8.22. The maximum atomic E-state index is 13.6. The molecule has 36 heavy (non-hydrogen) atoms. The van der Waals surface area contributed by atoms with Gasteiger partial charge in [-0.2, -0.15) is 0 Å². The molecule has 1 aromatic carbocycles. The summed E-state index contributed by atoms with van der Waals surface area (Å²) in [6.07, 6.45) is 3.49. The Morgan fingerprint density at radius 1 is 1.17 bits per heavy atom. The van der Waals surface area contributed by atoms with Crippen LogP contribution < -0.4 is 5.32 Å². The van der Waals surface area contributed by atoms with Gasteiger partial charge in [0.1, 0.15) is 0 Å². The van der Waals surface area contributed by atoms with E-state index in [9.17, 15) is 14.4 Å². The minimum atomic E-state index is -0.659. The van der Waals surface area contributed by atoms with Gasteiger partial charge in [-0.15, -0.1) is 0 Å². The molecule has 3 unspecified atom stereocenters. The number of hydrogen-bond acceptors (Lipinski definition) is 3. The molecule has 7 nitrogen and oxygen atoms in total. The maximum Gasteiger partial charge on any atom is 0.322 e. The normalized spacial score (nSPS) is 29.1. The molecule has 4 amide bonds. The summed E-state index contributed by atoms with van der Waals surface area (Å²) in [5.41, 5.74) is 2.23. The van der Waals surface area contributed by atoms with Gasteiger partial charge in [0.2, 0.25) is 5.91 Å². The second-order valence-electron chi connectivity index (χ2n) is 11.9. The number of rotatable bonds is 5. The second-order valence-corrected chi connectivity index (χ2v) is 12.7. The van der Waals surface area contributed by atoms with E-state index in [2.05, 4.69) is 31.0 Å². The highest BCUT2D eigenvalue weighted by molar-refractivity contribution is 6.35. The van der Waals surface area contributed by atoms with Crippen molar-refractivity contribution in [3.8, 4) is 0 Å². The zero-order valence-corrected chi connectivity index (χ0v) is 22.9. The molecular formula is C27H34Cl2N4O3. The summed E-state index contributed by atoms with van der Waals surface area (Å²) in [5, 5.41) is 3.82. The van der Waals surface area contributed by atoms with E-state index in [4.69, 9.17) is 23.2 Å². The summed E-state index contributed by atoms with van der Waals surface area (Å²) in [7, 11) is 0. The molecule has 3 aliphatic heterocycles. The Morgan fingerprint density at radius 2 is 1.92 bits per heavy atom. The lowest BCUT2D eigenvalue weighted by Crippen LogP contribution is -2.47. The Bertz CT molecular complexity index is 1170. The number of nitrogens with one attached hydrogen (secondary N) is 1. The number of carbonyl (C=O) groups excluding carboxylic acids is 3. The van der Waals surface area contributed by atoms with Crippen molar-refractivity contribution in [3.63, 3.8) is 0 Å². The van der Waals surface area contributed by atoms with Crippen LogP contribution in [0.4, 0.5) is 4.79 Å². The molecule has 3 atom stereocenters. The lowest BCUT2D eigenvalue weighted by molar-refractivity contribution is -0.133. The van der Waals surface area contributed by atoms with E-state index < -0.39 is 6.04 Å². The fourth-order valence-electron chi connectivity index (χ4n) is 7.16. The lowest BCUT2D eigenvalue weighted by atomic mass is 9.65. The summed E-state index contributed by atoms with van der Waals surface area (Å²) >= 11 is 12.5. The van der Waals surface area contributed by atoms with Gasteiger partial charge in [0.25, 0.3) is 5.91 Å². The van der Waals surface area contributed by atoms with E-state index in [1.807, 2.05) is 6.92 Å². The molecule has 4 aliphatic rings. The van der Waals surface area contributed by atoms with Crippen LogP contribution in [0.15, 0.2) is 29.5 Å². The summed E-state index contributed by atoms with van der Waals surface area (Å²) < 4.78 is 0. The van der Waals surface area contributed by atoms with Gasteiger partial charge in [-0.05, 0) is 54.7 Å². The molecule has 1 aliphatic carbocycles. The number of hydrogen-bond donors (Lipinski definition) is 1. The topological polar surface area (TPSA) is 73.0 Å². The average Bonchev–Trinajstić information content (AvgIpc) is 3.23. The third-order valence-corrected chi connectivity index (χ3v) is 8.78. The fourth-order valence-corrected chi connectivity index (χ4v) is 7.68. The number of nitrogens with zero attached hydrogens (tertiary/aromatic N) is 3. The van der Waals surface area contributed by atoms with Crippen molar-refractivity contribution in [2.75, 3.05) is 26.2 Å². The summed E-state index contributed by atoms with van der Waals surface area (Å²) in [5.74, 6) is -0.0570. The van der Waals surface area contributed by atoms with Crippen molar-refractivity contribution < 1.29 is 14.4 Å². The van der Waals surface area contributed by atoms with Gasteiger partial charge in [-0.25, -0.2) is 4.79 Å². The monoisotopic (exact) mass is 532 g/mol. The molecule has 9 heteroatoms. The number of likely N-dealkylation sites (N-methyl/N-ethyl adjacent to an activating group) is 1. The van der Waals surface area contributed by atoms with Crippen LogP contribution >= 0.6 is 23.2 Å². The van der Waals surface area contributed by atoms with Gasteiger partial charge in [-0.3, -0.25) is 14.5 Å². The standard InChI is InChI=1S/C27H34Cl2N4O3/c1-5-32-20-13-31(9-8-21(34)33-15-27(4)12-17(33)11-26(2,3)14-27)24(35)22(20)23(30-25(32)36)18-7-6-16(28)10-19(18)29/h6-7,10,17,23H,5,8-9,11-15H2,1-4H3,(H,30,36). The highest BCUT2D eigenvalue weighted by Crippen LogP contribution is 2.52. The van der Waals surface area contributed by atoms with Gasteiger partial charge in [0.05, 0.1) is 23.9 Å². The molecule has 194 valence electrons. The highest BCUT2D eigenvalue weighted by Gasteiger charge is 2.51. The molecule has 0 radical (unpaired) electrons. The van der Waals surface area contributed by atoms with E-state index in [-0.39, 0.29) is 41.1 Å². The minimum Gasteiger partial charge on any atom is -0.339 e. The van der Waals surface area contributed by atoms with Crippen LogP contribution in [0.1, 0.15) is 65.0 Å². The zero-order valence-electron chi connectivity index (χ0n) is 21.4. The van der Waals surface area contributed by atoms with Crippen molar-refractivity contribution in [2.24, 2.45) is 10.8 Å². The van der Waals surface area contributed by atoms with Gasteiger partial charge < -0.3 is 15.1 Å². The predicted octanol–water partition coefficient (Wildman–Crippen LogP) is 4.99.